The Morgan fingerprint density at radius 3 is 2.62 bits per heavy atom. The van der Waals surface area contributed by atoms with Crippen LogP contribution < -0.4 is 5.32 Å². The van der Waals surface area contributed by atoms with Crippen molar-refractivity contribution in [3.05, 3.63) is 0 Å². The van der Waals surface area contributed by atoms with Crippen molar-refractivity contribution in [2.75, 3.05) is 25.1 Å². The van der Waals surface area contributed by atoms with Crippen molar-refractivity contribution in [3.63, 3.8) is 0 Å². The summed E-state index contributed by atoms with van der Waals surface area (Å²) >= 11 is 1.88. The van der Waals surface area contributed by atoms with Crippen LogP contribution in [0, 0.1) is 5.41 Å². The molecule has 120 valence electrons. The van der Waals surface area contributed by atoms with E-state index in [0.29, 0.717) is 12.6 Å². The molecule has 2 rings (SSSR count). The highest BCUT2D eigenvalue weighted by molar-refractivity contribution is 7.99. The number of aliphatic carboxylic acids is 1. The molecule has 0 aromatic carbocycles. The van der Waals surface area contributed by atoms with E-state index in [1.54, 1.807) is 4.90 Å². The van der Waals surface area contributed by atoms with Gasteiger partial charge in [0.05, 0.1) is 6.42 Å². The van der Waals surface area contributed by atoms with Crippen LogP contribution >= 0.6 is 11.8 Å². The van der Waals surface area contributed by atoms with E-state index in [0.717, 1.165) is 43.6 Å². The quantitative estimate of drug-likeness (QED) is 0.818. The second kappa shape index (κ2) is 7.38. The number of carbonyl (C=O) groups excluding carboxylic acids is 1. The number of rotatable bonds is 5. The highest BCUT2D eigenvalue weighted by atomic mass is 32.2. The third-order valence-electron chi connectivity index (χ3n) is 4.83. The van der Waals surface area contributed by atoms with E-state index in [9.17, 15) is 9.59 Å². The standard InChI is InChI=1S/C15H26N2O3S/c1-17(12-5-8-21-10-12)14(20)16-11-15(9-13(18)19)6-3-2-4-7-15/h12H,2-11H2,1H3,(H,16,20)(H,18,19). The molecule has 21 heavy (non-hydrogen) atoms. The smallest absolute Gasteiger partial charge is 0.317 e. The molecule has 2 fully saturated rings. The SMILES string of the molecule is CN(C(=O)NCC1(CC(=O)O)CCCCC1)C1CCSC1. The van der Waals surface area contributed by atoms with E-state index in [1.165, 1.54) is 6.42 Å². The number of carboxylic acids is 1. The Balaban J connectivity index is 1.88. The van der Waals surface area contributed by atoms with E-state index < -0.39 is 5.97 Å². The summed E-state index contributed by atoms with van der Waals surface area (Å²) in [6.45, 7) is 0.488. The van der Waals surface area contributed by atoms with Gasteiger partial charge in [0.1, 0.15) is 0 Å². The van der Waals surface area contributed by atoms with Crippen molar-refractivity contribution < 1.29 is 14.7 Å². The second-order valence-corrected chi connectivity index (χ2v) is 7.57. The molecule has 0 bridgehead atoms. The van der Waals surface area contributed by atoms with Crippen LogP contribution in [0.5, 0.6) is 0 Å². The average Bonchev–Trinajstić information content (AvgIpc) is 2.98. The fraction of sp³-hybridized carbons (Fsp3) is 0.867. The fourth-order valence-electron chi connectivity index (χ4n) is 3.42. The number of nitrogens with zero attached hydrogens (tertiary/aromatic N) is 1. The summed E-state index contributed by atoms with van der Waals surface area (Å²) < 4.78 is 0. The van der Waals surface area contributed by atoms with Gasteiger partial charge in [0.2, 0.25) is 0 Å². The first-order chi connectivity index (χ1) is 10.0. The molecule has 2 aliphatic rings. The number of urea groups is 1. The van der Waals surface area contributed by atoms with Crippen molar-refractivity contribution >= 4 is 23.8 Å². The van der Waals surface area contributed by atoms with Gasteiger partial charge in [-0.2, -0.15) is 11.8 Å². The first-order valence-corrected chi connectivity index (χ1v) is 8.98. The Hall–Kier alpha value is -0.910. The average molecular weight is 314 g/mol. The number of carbonyl (C=O) groups is 2. The maximum Gasteiger partial charge on any atom is 0.317 e. The normalized spacial score (nSPS) is 24.5. The van der Waals surface area contributed by atoms with Crippen LogP contribution in [0.3, 0.4) is 0 Å². The number of hydrogen-bond acceptors (Lipinski definition) is 3. The summed E-state index contributed by atoms with van der Waals surface area (Å²) in [5.74, 6) is 1.36. The molecule has 2 amide bonds. The van der Waals surface area contributed by atoms with Gasteiger partial charge in [-0.05, 0) is 30.4 Å². The Morgan fingerprint density at radius 2 is 2.05 bits per heavy atom. The number of nitrogens with one attached hydrogen (secondary N) is 1. The zero-order valence-corrected chi connectivity index (χ0v) is 13.6. The van der Waals surface area contributed by atoms with Crippen molar-refractivity contribution in [1.29, 1.82) is 0 Å². The van der Waals surface area contributed by atoms with Gasteiger partial charge in [-0.25, -0.2) is 4.79 Å². The Kier molecular flexibility index (Phi) is 5.79. The molecule has 0 spiro atoms. The predicted octanol–water partition coefficient (Wildman–Crippen LogP) is 2.56. The molecule has 1 heterocycles. The van der Waals surface area contributed by atoms with Crippen molar-refractivity contribution in [2.24, 2.45) is 5.41 Å². The summed E-state index contributed by atoms with van der Waals surface area (Å²) in [6.07, 6.45) is 6.33. The monoisotopic (exact) mass is 314 g/mol. The minimum absolute atomic E-state index is 0.0576. The molecule has 1 saturated heterocycles. The van der Waals surface area contributed by atoms with E-state index in [-0.39, 0.29) is 17.9 Å². The second-order valence-electron chi connectivity index (χ2n) is 6.42. The highest BCUT2D eigenvalue weighted by Gasteiger charge is 2.35. The van der Waals surface area contributed by atoms with Crippen LogP contribution in [0.15, 0.2) is 0 Å². The maximum atomic E-state index is 12.3. The van der Waals surface area contributed by atoms with Crippen molar-refractivity contribution in [2.45, 2.75) is 51.0 Å². The molecule has 0 radical (unpaired) electrons. The van der Waals surface area contributed by atoms with E-state index in [4.69, 9.17) is 5.11 Å². The van der Waals surface area contributed by atoms with Crippen LogP contribution in [0.4, 0.5) is 4.79 Å². The predicted molar refractivity (Wildman–Crippen MR) is 84.7 cm³/mol. The minimum Gasteiger partial charge on any atom is -0.481 e. The van der Waals surface area contributed by atoms with Gasteiger partial charge in [-0.15, -0.1) is 0 Å². The molecular weight excluding hydrogens is 288 g/mol. The maximum absolute atomic E-state index is 12.3. The Bertz CT molecular complexity index is 377. The number of hydrogen-bond donors (Lipinski definition) is 2. The number of carboxylic acid groups (broad SMARTS) is 1. The summed E-state index contributed by atoms with van der Waals surface area (Å²) in [4.78, 5) is 25.2. The largest absolute Gasteiger partial charge is 0.481 e. The van der Waals surface area contributed by atoms with Gasteiger partial charge in [0.15, 0.2) is 0 Å². The van der Waals surface area contributed by atoms with E-state index in [2.05, 4.69) is 5.32 Å². The lowest BCUT2D eigenvalue weighted by Crippen LogP contribution is -2.48. The zero-order chi connectivity index (χ0) is 15.3. The molecule has 0 aromatic rings. The van der Waals surface area contributed by atoms with Crippen molar-refractivity contribution in [1.82, 2.24) is 10.2 Å². The van der Waals surface area contributed by atoms with E-state index >= 15 is 0 Å². The lowest BCUT2D eigenvalue weighted by Gasteiger charge is -2.37. The summed E-state index contributed by atoms with van der Waals surface area (Å²) in [5.41, 5.74) is -0.245. The highest BCUT2D eigenvalue weighted by Crippen LogP contribution is 2.38. The molecule has 1 atom stereocenters. The van der Waals surface area contributed by atoms with Crippen LogP contribution in [0.25, 0.3) is 0 Å². The van der Waals surface area contributed by atoms with Crippen LogP contribution in [0.2, 0.25) is 0 Å². The number of amides is 2. The van der Waals surface area contributed by atoms with Crippen molar-refractivity contribution in [3.8, 4) is 0 Å². The number of thioether (sulfide) groups is 1. The van der Waals surface area contributed by atoms with Crippen LogP contribution in [0.1, 0.15) is 44.9 Å². The lowest BCUT2D eigenvalue weighted by atomic mass is 9.72. The molecule has 1 aliphatic carbocycles. The Morgan fingerprint density at radius 1 is 1.33 bits per heavy atom. The fourth-order valence-corrected chi connectivity index (χ4v) is 4.69. The first kappa shape index (κ1) is 16.5. The molecule has 1 unspecified atom stereocenters. The zero-order valence-electron chi connectivity index (χ0n) is 12.8. The van der Waals surface area contributed by atoms with Crippen LogP contribution in [-0.2, 0) is 4.79 Å². The molecule has 1 saturated carbocycles. The molecule has 2 N–H and O–H groups in total. The van der Waals surface area contributed by atoms with Gasteiger partial charge in [0.25, 0.3) is 0 Å². The first-order valence-electron chi connectivity index (χ1n) is 7.83. The summed E-state index contributed by atoms with van der Waals surface area (Å²) in [7, 11) is 1.84. The van der Waals surface area contributed by atoms with Gasteiger partial charge in [-0.3, -0.25) is 4.79 Å². The van der Waals surface area contributed by atoms with Gasteiger partial charge in [0, 0.05) is 25.4 Å². The van der Waals surface area contributed by atoms with E-state index in [1.807, 2.05) is 18.8 Å². The van der Waals surface area contributed by atoms with Crippen LogP contribution in [-0.4, -0.2) is 53.1 Å². The van der Waals surface area contributed by atoms with Gasteiger partial charge in [-0.1, -0.05) is 19.3 Å². The van der Waals surface area contributed by atoms with Gasteiger partial charge < -0.3 is 15.3 Å². The lowest BCUT2D eigenvalue weighted by molar-refractivity contribution is -0.140. The summed E-state index contributed by atoms with van der Waals surface area (Å²) in [6, 6.07) is 0.259. The third kappa shape index (κ3) is 4.53. The molecule has 0 aromatic heterocycles. The van der Waals surface area contributed by atoms with Gasteiger partial charge >= 0.3 is 12.0 Å². The molecule has 5 nitrogen and oxygen atoms in total. The third-order valence-corrected chi connectivity index (χ3v) is 5.97. The molecule has 1 aliphatic heterocycles. The topological polar surface area (TPSA) is 69.6 Å². The minimum atomic E-state index is -0.758. The molecule has 6 heteroatoms. The molecular formula is C15H26N2O3S. The summed E-state index contributed by atoms with van der Waals surface area (Å²) in [5, 5.41) is 12.1. The Labute approximate surface area is 130 Å².